The first-order chi connectivity index (χ1) is 14.9. The minimum Gasteiger partial charge on any atom is -0.322 e. The number of nitrogens with zero attached hydrogens (tertiary/aromatic N) is 2. The number of imide groups is 1. The van der Waals surface area contributed by atoms with Gasteiger partial charge in [-0.1, -0.05) is 37.3 Å². The van der Waals surface area contributed by atoms with E-state index in [1.165, 1.54) is 19.1 Å². The first-order valence-electron chi connectivity index (χ1n) is 9.78. The first-order valence-corrected chi connectivity index (χ1v) is 9.78. The highest BCUT2D eigenvalue weighted by molar-refractivity contribution is 6.23. The molecular formula is C23H19F2N3O3. The van der Waals surface area contributed by atoms with Crippen LogP contribution in [0.15, 0.2) is 60.8 Å². The number of rotatable bonds is 6. The maximum atomic E-state index is 13.3. The van der Waals surface area contributed by atoms with Gasteiger partial charge in [0.05, 0.1) is 22.3 Å². The van der Waals surface area contributed by atoms with Crippen molar-refractivity contribution in [1.29, 1.82) is 0 Å². The van der Waals surface area contributed by atoms with E-state index in [1.807, 2.05) is 12.1 Å². The lowest BCUT2D eigenvalue weighted by atomic mass is 9.95. The molecule has 0 saturated carbocycles. The second kappa shape index (κ2) is 8.22. The summed E-state index contributed by atoms with van der Waals surface area (Å²) in [5, 5.41) is 3.47. The number of hydrogen-bond acceptors (Lipinski definition) is 4. The lowest BCUT2D eigenvalue weighted by molar-refractivity contribution is -0.121. The van der Waals surface area contributed by atoms with E-state index in [1.54, 1.807) is 36.5 Å². The van der Waals surface area contributed by atoms with Crippen molar-refractivity contribution in [2.75, 3.05) is 5.32 Å². The van der Waals surface area contributed by atoms with Crippen LogP contribution in [-0.2, 0) is 4.79 Å². The van der Waals surface area contributed by atoms with Gasteiger partial charge in [-0.15, -0.1) is 0 Å². The monoisotopic (exact) mass is 423 g/mol. The fourth-order valence-electron chi connectivity index (χ4n) is 3.91. The fraction of sp³-hybridized carbons (Fsp3) is 0.217. The van der Waals surface area contributed by atoms with Crippen LogP contribution in [0.4, 0.5) is 14.5 Å². The summed E-state index contributed by atoms with van der Waals surface area (Å²) in [6, 6.07) is 13.5. The topological polar surface area (TPSA) is 79.4 Å². The number of alkyl halides is 2. The summed E-state index contributed by atoms with van der Waals surface area (Å²) in [5.41, 5.74) is 1.19. The zero-order chi connectivity index (χ0) is 22.1. The Morgan fingerprint density at radius 3 is 2.29 bits per heavy atom. The number of benzene rings is 2. The number of anilines is 1. The molecule has 31 heavy (non-hydrogen) atoms. The third kappa shape index (κ3) is 3.76. The normalized spacial score (nSPS) is 15.3. The highest BCUT2D eigenvalue weighted by Crippen LogP contribution is 2.30. The van der Waals surface area contributed by atoms with E-state index < -0.39 is 42.5 Å². The molecule has 0 aliphatic carbocycles. The Hall–Kier alpha value is -3.68. The van der Waals surface area contributed by atoms with Crippen LogP contribution in [0.2, 0.25) is 0 Å². The van der Waals surface area contributed by atoms with E-state index in [2.05, 4.69) is 10.3 Å². The van der Waals surface area contributed by atoms with Gasteiger partial charge in [-0.25, -0.2) is 8.78 Å². The van der Waals surface area contributed by atoms with Crippen LogP contribution in [0, 0.1) is 5.92 Å². The number of pyridine rings is 1. The fourth-order valence-corrected chi connectivity index (χ4v) is 3.91. The van der Waals surface area contributed by atoms with E-state index in [4.69, 9.17) is 0 Å². The van der Waals surface area contributed by atoms with Crippen LogP contribution in [0.1, 0.15) is 34.1 Å². The Labute approximate surface area is 176 Å². The quantitative estimate of drug-likeness (QED) is 0.605. The molecule has 2 heterocycles. The Bertz CT molecular complexity index is 1140. The van der Waals surface area contributed by atoms with Gasteiger partial charge in [0.2, 0.25) is 12.3 Å². The lowest BCUT2D eigenvalue weighted by Crippen LogP contribution is -2.51. The van der Waals surface area contributed by atoms with E-state index in [0.29, 0.717) is 11.2 Å². The Morgan fingerprint density at radius 1 is 1.00 bits per heavy atom. The first kappa shape index (κ1) is 20.6. The molecule has 1 aliphatic rings. The molecule has 1 unspecified atom stereocenters. The van der Waals surface area contributed by atoms with Crippen molar-refractivity contribution >= 4 is 34.3 Å². The summed E-state index contributed by atoms with van der Waals surface area (Å²) >= 11 is 0. The smallest absolute Gasteiger partial charge is 0.262 e. The molecule has 1 N–H and O–H groups in total. The van der Waals surface area contributed by atoms with Crippen molar-refractivity contribution in [3.8, 4) is 0 Å². The van der Waals surface area contributed by atoms with Crippen LogP contribution in [0.5, 0.6) is 0 Å². The average molecular weight is 423 g/mol. The molecule has 1 aromatic heterocycles. The van der Waals surface area contributed by atoms with Crippen LogP contribution < -0.4 is 5.32 Å². The maximum Gasteiger partial charge on any atom is 0.262 e. The van der Waals surface area contributed by atoms with Crippen LogP contribution in [-0.4, -0.2) is 40.1 Å². The number of para-hydroxylation sites is 1. The van der Waals surface area contributed by atoms with Gasteiger partial charge in [0.25, 0.3) is 11.8 Å². The zero-order valence-electron chi connectivity index (χ0n) is 16.6. The molecule has 0 spiro atoms. The second-order valence-corrected chi connectivity index (χ2v) is 7.44. The number of hydrogen-bond donors (Lipinski definition) is 1. The molecule has 158 valence electrons. The molecule has 0 saturated heterocycles. The van der Waals surface area contributed by atoms with E-state index in [0.717, 1.165) is 10.3 Å². The van der Waals surface area contributed by atoms with Gasteiger partial charge in [0.15, 0.2) is 0 Å². The average Bonchev–Trinajstić information content (AvgIpc) is 2.99. The molecule has 0 bridgehead atoms. The van der Waals surface area contributed by atoms with Gasteiger partial charge in [-0.3, -0.25) is 24.3 Å². The summed E-state index contributed by atoms with van der Waals surface area (Å²) in [5.74, 6) is -3.03. The Kier molecular flexibility index (Phi) is 5.46. The standard InChI is InChI=1S/C23H19F2N3O3/c1-13(12-18(24)25)20(28-22(30)15-8-2-3-9-16(15)23(28)31)21(29)27-17-10-4-6-14-7-5-11-26-19(14)17/h2-11,13,18,20H,12H2,1H3,(H,27,29)/t13?,20-/m0/s1. The molecule has 2 atom stereocenters. The molecule has 4 rings (SSSR count). The van der Waals surface area contributed by atoms with Crippen LogP contribution in [0.25, 0.3) is 10.9 Å². The van der Waals surface area contributed by atoms with Gasteiger partial charge in [-0.2, -0.15) is 0 Å². The molecule has 0 radical (unpaired) electrons. The summed E-state index contributed by atoms with van der Waals surface area (Å²) in [4.78, 5) is 44.2. The number of carbonyl (C=O) groups excluding carboxylic acids is 3. The number of halogens is 2. The van der Waals surface area contributed by atoms with Crippen molar-refractivity contribution in [2.45, 2.75) is 25.8 Å². The SMILES string of the molecule is CC(CC(F)F)[C@@H](C(=O)Nc1cccc2cccnc12)N1C(=O)c2ccccc2C1=O. The van der Waals surface area contributed by atoms with Crippen LogP contribution >= 0.6 is 0 Å². The highest BCUT2D eigenvalue weighted by Gasteiger charge is 2.45. The lowest BCUT2D eigenvalue weighted by Gasteiger charge is -2.30. The zero-order valence-corrected chi connectivity index (χ0v) is 16.6. The van der Waals surface area contributed by atoms with Gasteiger partial charge in [0, 0.05) is 18.0 Å². The number of nitrogens with one attached hydrogen (secondary N) is 1. The summed E-state index contributed by atoms with van der Waals surface area (Å²) < 4.78 is 26.3. The molecular weight excluding hydrogens is 404 g/mol. The predicted molar refractivity (Wildman–Crippen MR) is 111 cm³/mol. The molecule has 1 aliphatic heterocycles. The van der Waals surface area contributed by atoms with E-state index in [9.17, 15) is 23.2 Å². The largest absolute Gasteiger partial charge is 0.322 e. The van der Waals surface area contributed by atoms with Crippen molar-refractivity contribution in [2.24, 2.45) is 5.92 Å². The van der Waals surface area contributed by atoms with Crippen molar-refractivity contribution in [3.05, 3.63) is 71.9 Å². The van der Waals surface area contributed by atoms with Gasteiger partial charge >= 0.3 is 0 Å². The third-order valence-electron chi connectivity index (χ3n) is 5.35. The summed E-state index contributed by atoms with van der Waals surface area (Å²) in [6.45, 7) is 1.43. The third-order valence-corrected chi connectivity index (χ3v) is 5.35. The highest BCUT2D eigenvalue weighted by atomic mass is 19.3. The van der Waals surface area contributed by atoms with E-state index in [-0.39, 0.29) is 11.1 Å². The van der Waals surface area contributed by atoms with Gasteiger partial charge in [-0.05, 0) is 30.2 Å². The number of carbonyl (C=O) groups is 3. The summed E-state index contributed by atoms with van der Waals surface area (Å²) in [6.07, 6.45) is -1.77. The molecule has 6 nitrogen and oxygen atoms in total. The Morgan fingerprint density at radius 2 is 1.65 bits per heavy atom. The summed E-state index contributed by atoms with van der Waals surface area (Å²) in [7, 11) is 0. The predicted octanol–water partition coefficient (Wildman–Crippen LogP) is 4.13. The van der Waals surface area contributed by atoms with Crippen molar-refractivity contribution in [3.63, 3.8) is 0 Å². The maximum absolute atomic E-state index is 13.3. The van der Waals surface area contributed by atoms with Crippen molar-refractivity contribution < 1.29 is 23.2 Å². The molecule has 3 aromatic rings. The number of fused-ring (bicyclic) bond motifs is 2. The minimum absolute atomic E-state index is 0.154. The molecule has 0 fully saturated rings. The van der Waals surface area contributed by atoms with Gasteiger partial charge in [0.1, 0.15) is 6.04 Å². The number of aromatic nitrogens is 1. The second-order valence-electron chi connectivity index (χ2n) is 7.44. The molecule has 3 amide bonds. The number of amides is 3. The minimum atomic E-state index is -2.69. The Balaban J connectivity index is 1.71. The molecule has 8 heteroatoms. The molecule has 2 aromatic carbocycles. The van der Waals surface area contributed by atoms with E-state index >= 15 is 0 Å². The van der Waals surface area contributed by atoms with Crippen LogP contribution in [0.3, 0.4) is 0 Å². The van der Waals surface area contributed by atoms with Crippen molar-refractivity contribution in [1.82, 2.24) is 9.88 Å². The van der Waals surface area contributed by atoms with Gasteiger partial charge < -0.3 is 5.32 Å².